The fourth-order valence-corrected chi connectivity index (χ4v) is 1.60. The van der Waals surface area contributed by atoms with E-state index in [1.165, 1.54) is 4.90 Å². The first-order valence-corrected chi connectivity index (χ1v) is 4.64. The van der Waals surface area contributed by atoms with E-state index in [-0.39, 0.29) is 7.43 Å². The molecule has 0 aliphatic rings. The third kappa shape index (κ3) is 2.76. The van der Waals surface area contributed by atoms with E-state index >= 15 is 0 Å². The quantitative estimate of drug-likeness (QED) is 0.647. The first-order valence-electron chi connectivity index (χ1n) is 2.62. The summed E-state index contributed by atoms with van der Waals surface area (Å²) in [6.45, 7) is 0. The Bertz CT molecular complexity index is 198. The molecule has 56 valence electrons. The zero-order valence-electron chi connectivity index (χ0n) is 5.10. The molecular weight excluding hydrogens is 208 g/mol. The summed E-state index contributed by atoms with van der Waals surface area (Å²) in [5, 5.41) is 0. The van der Waals surface area contributed by atoms with E-state index in [4.69, 9.17) is 0 Å². The largest absolute Gasteiger partial charge is 0.130 e. The minimum atomic E-state index is 0. The molecule has 0 aliphatic carbocycles. The lowest BCUT2D eigenvalue weighted by molar-refractivity contribution is 1.44. The van der Waals surface area contributed by atoms with Crippen LogP contribution in [0.4, 0.5) is 0 Å². The predicted octanol–water partition coefficient (Wildman–Crippen LogP) is 3.81. The fourth-order valence-electron chi connectivity index (χ4n) is 0.594. The minimum absolute atomic E-state index is 0. The molecule has 0 aliphatic heterocycles. The highest BCUT2D eigenvalue weighted by molar-refractivity contribution is 9.10. The van der Waals surface area contributed by atoms with Crippen molar-refractivity contribution < 1.29 is 0 Å². The molecule has 0 unspecified atom stereocenters. The van der Waals surface area contributed by atoms with Crippen molar-refractivity contribution >= 4 is 27.7 Å². The SMILES string of the molecule is C.CSc1cccc(Br)c1. The molecule has 0 spiro atoms. The van der Waals surface area contributed by atoms with Crippen LogP contribution in [-0.2, 0) is 0 Å². The lowest BCUT2D eigenvalue weighted by Gasteiger charge is -1.93. The van der Waals surface area contributed by atoms with Gasteiger partial charge in [0.15, 0.2) is 0 Å². The van der Waals surface area contributed by atoms with E-state index < -0.39 is 0 Å². The Morgan fingerprint density at radius 3 is 2.50 bits per heavy atom. The Kier molecular flexibility index (Phi) is 4.83. The summed E-state index contributed by atoms with van der Waals surface area (Å²) in [5.74, 6) is 0. The lowest BCUT2D eigenvalue weighted by atomic mass is 10.4. The van der Waals surface area contributed by atoms with Crippen molar-refractivity contribution in [2.45, 2.75) is 12.3 Å². The average Bonchev–Trinajstić information content (AvgIpc) is 1.88. The zero-order chi connectivity index (χ0) is 6.69. The monoisotopic (exact) mass is 218 g/mol. The van der Waals surface area contributed by atoms with Gasteiger partial charge in [-0.05, 0) is 24.5 Å². The molecule has 0 saturated carbocycles. The van der Waals surface area contributed by atoms with Gasteiger partial charge in [-0.1, -0.05) is 29.4 Å². The number of benzene rings is 1. The second kappa shape index (κ2) is 4.80. The van der Waals surface area contributed by atoms with Gasteiger partial charge in [0.1, 0.15) is 0 Å². The Hall–Kier alpha value is 0.0500. The number of rotatable bonds is 1. The van der Waals surface area contributed by atoms with Gasteiger partial charge >= 0.3 is 0 Å². The van der Waals surface area contributed by atoms with Crippen molar-refractivity contribution in [2.75, 3.05) is 6.26 Å². The van der Waals surface area contributed by atoms with Gasteiger partial charge in [0, 0.05) is 9.37 Å². The standard InChI is InChI=1S/C7H7BrS.CH4/c1-9-7-4-2-3-6(8)5-7;/h2-5H,1H3;1H4. The number of thioether (sulfide) groups is 1. The minimum Gasteiger partial charge on any atom is -0.130 e. The van der Waals surface area contributed by atoms with Gasteiger partial charge < -0.3 is 0 Å². The van der Waals surface area contributed by atoms with Gasteiger partial charge in [0.25, 0.3) is 0 Å². The summed E-state index contributed by atoms with van der Waals surface area (Å²) in [5.41, 5.74) is 0. The van der Waals surface area contributed by atoms with E-state index in [1.54, 1.807) is 11.8 Å². The highest BCUT2D eigenvalue weighted by Gasteiger charge is 1.87. The molecule has 0 fully saturated rings. The molecule has 0 atom stereocenters. The van der Waals surface area contributed by atoms with Crippen molar-refractivity contribution in [3.8, 4) is 0 Å². The van der Waals surface area contributed by atoms with Crippen molar-refractivity contribution in [1.29, 1.82) is 0 Å². The molecule has 2 heteroatoms. The third-order valence-corrected chi connectivity index (χ3v) is 2.25. The highest BCUT2D eigenvalue weighted by Crippen LogP contribution is 2.18. The first-order chi connectivity index (χ1) is 4.33. The van der Waals surface area contributed by atoms with Crippen LogP contribution >= 0.6 is 27.7 Å². The summed E-state index contributed by atoms with van der Waals surface area (Å²) < 4.78 is 1.15. The van der Waals surface area contributed by atoms with Crippen LogP contribution in [0.2, 0.25) is 0 Å². The van der Waals surface area contributed by atoms with E-state index in [0.717, 1.165) is 4.47 Å². The maximum atomic E-state index is 3.39. The Balaban J connectivity index is 0.000000810. The average molecular weight is 219 g/mol. The molecule has 0 heterocycles. The van der Waals surface area contributed by atoms with Crippen molar-refractivity contribution in [1.82, 2.24) is 0 Å². The molecular formula is C8H11BrS. The molecule has 0 N–H and O–H groups in total. The van der Waals surface area contributed by atoms with Crippen LogP contribution in [0.5, 0.6) is 0 Å². The molecule has 0 nitrogen and oxygen atoms in total. The fraction of sp³-hybridized carbons (Fsp3) is 0.250. The molecule has 0 saturated heterocycles. The number of hydrogen-bond acceptors (Lipinski definition) is 1. The Morgan fingerprint density at radius 1 is 1.40 bits per heavy atom. The van der Waals surface area contributed by atoms with Crippen molar-refractivity contribution in [3.63, 3.8) is 0 Å². The summed E-state index contributed by atoms with van der Waals surface area (Å²) in [4.78, 5) is 1.30. The molecule has 1 aromatic carbocycles. The summed E-state index contributed by atoms with van der Waals surface area (Å²) >= 11 is 5.14. The number of hydrogen-bond donors (Lipinski definition) is 0. The van der Waals surface area contributed by atoms with Gasteiger partial charge in [-0.25, -0.2) is 0 Å². The molecule has 0 aromatic heterocycles. The highest BCUT2D eigenvalue weighted by atomic mass is 79.9. The number of halogens is 1. The van der Waals surface area contributed by atoms with Crippen LogP contribution in [0.1, 0.15) is 7.43 Å². The summed E-state index contributed by atoms with van der Waals surface area (Å²) in [6, 6.07) is 8.26. The predicted molar refractivity (Wildman–Crippen MR) is 52.7 cm³/mol. The Morgan fingerprint density at radius 2 is 2.10 bits per heavy atom. The first kappa shape index (κ1) is 10.0. The maximum Gasteiger partial charge on any atom is 0.0186 e. The molecule has 1 rings (SSSR count). The van der Waals surface area contributed by atoms with E-state index in [2.05, 4.69) is 34.3 Å². The van der Waals surface area contributed by atoms with Crippen molar-refractivity contribution in [3.05, 3.63) is 28.7 Å². The van der Waals surface area contributed by atoms with Crippen molar-refractivity contribution in [2.24, 2.45) is 0 Å². The van der Waals surface area contributed by atoms with Crippen LogP contribution < -0.4 is 0 Å². The smallest absolute Gasteiger partial charge is 0.0186 e. The second-order valence-electron chi connectivity index (χ2n) is 1.66. The van der Waals surface area contributed by atoms with Crippen LogP contribution in [0.25, 0.3) is 0 Å². The van der Waals surface area contributed by atoms with Crippen LogP contribution in [0.3, 0.4) is 0 Å². The summed E-state index contributed by atoms with van der Waals surface area (Å²) in [7, 11) is 0. The van der Waals surface area contributed by atoms with Gasteiger partial charge in [-0.2, -0.15) is 0 Å². The van der Waals surface area contributed by atoms with E-state index in [9.17, 15) is 0 Å². The normalized spacial score (nSPS) is 8.60. The molecule has 10 heavy (non-hydrogen) atoms. The Labute approximate surface area is 75.2 Å². The molecule has 0 bridgehead atoms. The molecule has 1 aromatic rings. The molecule has 0 radical (unpaired) electrons. The van der Waals surface area contributed by atoms with E-state index in [0.29, 0.717) is 0 Å². The zero-order valence-corrected chi connectivity index (χ0v) is 7.50. The van der Waals surface area contributed by atoms with Crippen LogP contribution in [0.15, 0.2) is 33.6 Å². The molecule has 0 amide bonds. The second-order valence-corrected chi connectivity index (χ2v) is 3.46. The summed E-state index contributed by atoms with van der Waals surface area (Å²) in [6.07, 6.45) is 2.07. The van der Waals surface area contributed by atoms with Gasteiger partial charge in [-0.3, -0.25) is 0 Å². The lowest BCUT2D eigenvalue weighted by Crippen LogP contribution is -1.66. The van der Waals surface area contributed by atoms with Crippen LogP contribution in [0, 0.1) is 0 Å². The van der Waals surface area contributed by atoms with Gasteiger partial charge in [0.2, 0.25) is 0 Å². The topological polar surface area (TPSA) is 0 Å². The van der Waals surface area contributed by atoms with Gasteiger partial charge in [-0.15, -0.1) is 11.8 Å². The third-order valence-electron chi connectivity index (χ3n) is 1.03. The van der Waals surface area contributed by atoms with Crippen LogP contribution in [-0.4, -0.2) is 6.26 Å². The van der Waals surface area contributed by atoms with Gasteiger partial charge in [0.05, 0.1) is 0 Å². The maximum absolute atomic E-state index is 3.39. The van der Waals surface area contributed by atoms with E-state index in [1.807, 2.05) is 12.1 Å².